The van der Waals surface area contributed by atoms with Crippen LogP contribution in [0.15, 0.2) is 0 Å². The van der Waals surface area contributed by atoms with Crippen LogP contribution in [-0.2, 0) is 9.59 Å². The first kappa shape index (κ1) is 14.5. The lowest BCUT2D eigenvalue weighted by atomic mass is 10.0. The Labute approximate surface area is 96.4 Å². The lowest BCUT2D eigenvalue weighted by molar-refractivity contribution is -0.141. The highest BCUT2D eigenvalue weighted by molar-refractivity contribution is 5.78. The van der Waals surface area contributed by atoms with E-state index in [2.05, 4.69) is 11.2 Å². The predicted octanol–water partition coefficient (Wildman–Crippen LogP) is 1.41. The summed E-state index contributed by atoms with van der Waals surface area (Å²) in [5.74, 6) is 1.02. The van der Waals surface area contributed by atoms with Gasteiger partial charge in [-0.3, -0.25) is 9.59 Å². The maximum atomic E-state index is 11.1. The summed E-state index contributed by atoms with van der Waals surface area (Å²) in [4.78, 5) is 21.7. The Bertz CT molecular complexity index is 280. The maximum Gasteiger partial charge on any atom is 0.306 e. The lowest BCUT2D eigenvalue weighted by Crippen LogP contribution is -2.32. The molecule has 4 heteroatoms. The van der Waals surface area contributed by atoms with Crippen molar-refractivity contribution in [3.63, 3.8) is 0 Å². The highest BCUT2D eigenvalue weighted by Gasteiger charge is 2.11. The number of amides is 1. The highest BCUT2D eigenvalue weighted by atomic mass is 16.4. The molecule has 0 saturated heterocycles. The van der Waals surface area contributed by atoms with Gasteiger partial charge in [-0.1, -0.05) is 19.3 Å². The second kappa shape index (κ2) is 7.75. The van der Waals surface area contributed by atoms with Gasteiger partial charge in [-0.05, 0) is 19.8 Å². The summed E-state index contributed by atoms with van der Waals surface area (Å²) in [6.45, 7) is 3.57. The van der Waals surface area contributed by atoms with Crippen LogP contribution < -0.4 is 5.32 Å². The van der Waals surface area contributed by atoms with Crippen molar-refractivity contribution in [2.45, 2.75) is 45.6 Å². The number of nitrogens with one attached hydrogen (secondary N) is 1. The summed E-state index contributed by atoms with van der Waals surface area (Å²) in [6.07, 6.45) is 7.28. The van der Waals surface area contributed by atoms with Crippen LogP contribution in [-0.4, -0.2) is 23.0 Å². The van der Waals surface area contributed by atoms with E-state index >= 15 is 0 Å². The van der Waals surface area contributed by atoms with Crippen molar-refractivity contribution >= 4 is 11.9 Å². The van der Waals surface area contributed by atoms with Crippen LogP contribution in [0.3, 0.4) is 0 Å². The Hall–Kier alpha value is -1.50. The standard InChI is InChI=1S/C12H19NO3/c1-4-6-11(14)13-10(3)8-5-7-9(2)12(15)16/h1,9-10H,5-8H2,2-3H3,(H,13,14)(H,15,16). The Morgan fingerprint density at radius 3 is 2.50 bits per heavy atom. The average molecular weight is 225 g/mol. The molecular formula is C12H19NO3. The molecular weight excluding hydrogens is 206 g/mol. The van der Waals surface area contributed by atoms with E-state index in [4.69, 9.17) is 11.5 Å². The van der Waals surface area contributed by atoms with Crippen LogP contribution in [0.5, 0.6) is 0 Å². The van der Waals surface area contributed by atoms with Gasteiger partial charge in [-0.15, -0.1) is 6.42 Å². The summed E-state index contributed by atoms with van der Waals surface area (Å²) >= 11 is 0. The summed E-state index contributed by atoms with van der Waals surface area (Å²) in [5, 5.41) is 11.4. The minimum atomic E-state index is -0.774. The first-order valence-corrected chi connectivity index (χ1v) is 5.43. The van der Waals surface area contributed by atoms with E-state index in [1.807, 2.05) is 6.92 Å². The molecule has 0 fully saturated rings. The van der Waals surface area contributed by atoms with E-state index in [0.29, 0.717) is 6.42 Å². The molecule has 0 heterocycles. The fourth-order valence-electron chi connectivity index (χ4n) is 1.34. The van der Waals surface area contributed by atoms with Gasteiger partial charge in [0.2, 0.25) is 5.91 Å². The third kappa shape index (κ3) is 6.88. The van der Waals surface area contributed by atoms with Gasteiger partial charge in [0, 0.05) is 6.04 Å². The second-order valence-electron chi connectivity index (χ2n) is 4.02. The summed E-state index contributed by atoms with van der Waals surface area (Å²) in [5.41, 5.74) is 0. The molecule has 0 aliphatic carbocycles. The van der Waals surface area contributed by atoms with Gasteiger partial charge in [0.1, 0.15) is 0 Å². The second-order valence-corrected chi connectivity index (χ2v) is 4.02. The lowest BCUT2D eigenvalue weighted by Gasteiger charge is -2.13. The molecule has 2 N–H and O–H groups in total. The summed E-state index contributed by atoms with van der Waals surface area (Å²) in [6, 6.07) is 0.0434. The zero-order chi connectivity index (χ0) is 12.6. The first-order valence-electron chi connectivity index (χ1n) is 5.43. The molecule has 0 bridgehead atoms. The molecule has 0 aromatic carbocycles. The van der Waals surface area contributed by atoms with Crippen molar-refractivity contribution in [2.24, 2.45) is 5.92 Å². The monoisotopic (exact) mass is 225 g/mol. The number of hydrogen-bond acceptors (Lipinski definition) is 2. The third-order valence-corrected chi connectivity index (χ3v) is 2.37. The van der Waals surface area contributed by atoms with Gasteiger partial charge in [0.05, 0.1) is 12.3 Å². The predicted molar refractivity (Wildman–Crippen MR) is 61.7 cm³/mol. The molecule has 0 saturated carbocycles. The quantitative estimate of drug-likeness (QED) is 0.644. The molecule has 4 nitrogen and oxygen atoms in total. The number of terminal acetylenes is 1. The van der Waals surface area contributed by atoms with Crippen LogP contribution in [0, 0.1) is 18.3 Å². The topological polar surface area (TPSA) is 66.4 Å². The van der Waals surface area contributed by atoms with Crippen molar-refractivity contribution in [3.05, 3.63) is 0 Å². The van der Waals surface area contributed by atoms with E-state index in [1.54, 1.807) is 6.92 Å². The molecule has 0 radical (unpaired) electrons. The molecule has 0 aliphatic heterocycles. The van der Waals surface area contributed by atoms with Gasteiger partial charge in [0.15, 0.2) is 0 Å². The molecule has 0 spiro atoms. The Balaban J connectivity index is 3.66. The molecule has 2 unspecified atom stereocenters. The highest BCUT2D eigenvalue weighted by Crippen LogP contribution is 2.09. The zero-order valence-corrected chi connectivity index (χ0v) is 9.82. The zero-order valence-electron chi connectivity index (χ0n) is 9.82. The van der Waals surface area contributed by atoms with Crippen molar-refractivity contribution in [2.75, 3.05) is 0 Å². The number of aliphatic carboxylic acids is 1. The molecule has 16 heavy (non-hydrogen) atoms. The molecule has 90 valence electrons. The number of carbonyl (C=O) groups excluding carboxylic acids is 1. The maximum absolute atomic E-state index is 11.1. The number of rotatable bonds is 7. The fourth-order valence-corrected chi connectivity index (χ4v) is 1.34. The van der Waals surface area contributed by atoms with Gasteiger partial charge in [-0.2, -0.15) is 0 Å². The largest absolute Gasteiger partial charge is 0.481 e. The van der Waals surface area contributed by atoms with Gasteiger partial charge in [0.25, 0.3) is 0 Å². The first-order chi connectivity index (χ1) is 7.47. The summed E-state index contributed by atoms with van der Waals surface area (Å²) in [7, 11) is 0. The van der Waals surface area contributed by atoms with E-state index in [1.165, 1.54) is 0 Å². The van der Waals surface area contributed by atoms with Gasteiger partial charge < -0.3 is 10.4 Å². The van der Waals surface area contributed by atoms with E-state index in [0.717, 1.165) is 12.8 Å². The number of carboxylic acids is 1. The normalized spacial score (nSPS) is 13.6. The number of carboxylic acid groups (broad SMARTS) is 1. The van der Waals surface area contributed by atoms with Crippen LogP contribution in [0.4, 0.5) is 0 Å². The van der Waals surface area contributed by atoms with Gasteiger partial charge >= 0.3 is 5.97 Å². The molecule has 0 rings (SSSR count). The van der Waals surface area contributed by atoms with Crippen molar-refractivity contribution < 1.29 is 14.7 Å². The molecule has 0 aromatic rings. The molecule has 1 amide bonds. The third-order valence-electron chi connectivity index (χ3n) is 2.37. The Morgan fingerprint density at radius 2 is 2.00 bits per heavy atom. The fraction of sp³-hybridized carbons (Fsp3) is 0.667. The van der Waals surface area contributed by atoms with Crippen LogP contribution in [0.1, 0.15) is 39.5 Å². The average Bonchev–Trinajstić information content (AvgIpc) is 2.17. The van der Waals surface area contributed by atoms with Crippen LogP contribution in [0.25, 0.3) is 0 Å². The SMILES string of the molecule is C#CCC(=O)NC(C)CCCC(C)C(=O)O. The van der Waals surface area contributed by atoms with Gasteiger partial charge in [-0.25, -0.2) is 0 Å². The number of carbonyl (C=O) groups is 2. The Kier molecular flexibility index (Phi) is 7.02. The van der Waals surface area contributed by atoms with Crippen LogP contribution in [0.2, 0.25) is 0 Å². The van der Waals surface area contributed by atoms with Crippen LogP contribution >= 0.6 is 0 Å². The molecule has 0 aliphatic rings. The number of hydrogen-bond donors (Lipinski definition) is 2. The van der Waals surface area contributed by atoms with Crippen molar-refractivity contribution in [1.82, 2.24) is 5.32 Å². The Morgan fingerprint density at radius 1 is 1.38 bits per heavy atom. The summed E-state index contributed by atoms with van der Waals surface area (Å²) < 4.78 is 0. The van der Waals surface area contributed by atoms with E-state index < -0.39 is 5.97 Å². The van der Waals surface area contributed by atoms with E-state index in [-0.39, 0.29) is 24.3 Å². The smallest absolute Gasteiger partial charge is 0.306 e. The molecule has 2 atom stereocenters. The van der Waals surface area contributed by atoms with E-state index in [9.17, 15) is 9.59 Å². The minimum Gasteiger partial charge on any atom is -0.481 e. The van der Waals surface area contributed by atoms with Crippen molar-refractivity contribution in [3.8, 4) is 12.3 Å². The molecule has 0 aromatic heterocycles. The minimum absolute atomic E-state index is 0.0434. The van der Waals surface area contributed by atoms with Crippen molar-refractivity contribution in [1.29, 1.82) is 0 Å².